The third-order valence-electron chi connectivity index (χ3n) is 2.77. The van der Waals surface area contributed by atoms with E-state index in [0.29, 0.717) is 10.0 Å². The first-order chi connectivity index (χ1) is 9.08. The van der Waals surface area contributed by atoms with Crippen molar-refractivity contribution in [2.75, 3.05) is 0 Å². The lowest BCUT2D eigenvalue weighted by Crippen LogP contribution is -1.90. The highest BCUT2D eigenvalue weighted by Gasteiger charge is 2.06. The van der Waals surface area contributed by atoms with Gasteiger partial charge in [0.15, 0.2) is 0 Å². The van der Waals surface area contributed by atoms with Gasteiger partial charge in [0.1, 0.15) is 0 Å². The second kappa shape index (κ2) is 6.67. The summed E-state index contributed by atoms with van der Waals surface area (Å²) in [6.07, 6.45) is -0.449. The van der Waals surface area contributed by atoms with Crippen LogP contribution in [0.4, 0.5) is 0 Å². The maximum Gasteiger partial charge on any atom is 0.0762 e. The minimum Gasteiger partial charge on any atom is -0.389 e. The number of aliphatic hydroxyl groups excluding tert-OH is 1. The van der Waals surface area contributed by atoms with Crippen molar-refractivity contribution in [1.29, 1.82) is 0 Å². The van der Waals surface area contributed by atoms with E-state index in [2.05, 4.69) is 0 Å². The van der Waals surface area contributed by atoms with Crippen LogP contribution in [0.25, 0.3) is 0 Å². The van der Waals surface area contributed by atoms with Crippen molar-refractivity contribution in [1.82, 2.24) is 0 Å². The molecule has 100 valence electrons. The van der Waals surface area contributed by atoms with Crippen molar-refractivity contribution in [2.45, 2.75) is 23.7 Å². The van der Waals surface area contributed by atoms with Gasteiger partial charge in [-0.25, -0.2) is 0 Å². The number of rotatable bonds is 4. The monoisotopic (exact) mass is 312 g/mol. The smallest absolute Gasteiger partial charge is 0.0762 e. The highest BCUT2D eigenvalue weighted by Crippen LogP contribution is 2.31. The first-order valence-corrected chi connectivity index (χ1v) is 7.66. The third kappa shape index (κ3) is 3.90. The molecule has 1 atom stereocenters. The molecular formula is C15H14Cl2OS. The highest BCUT2D eigenvalue weighted by atomic mass is 35.5. The number of aliphatic hydroxyl groups is 1. The van der Waals surface area contributed by atoms with Gasteiger partial charge in [-0.15, -0.1) is 11.8 Å². The number of halogens is 2. The van der Waals surface area contributed by atoms with E-state index in [1.807, 2.05) is 36.4 Å². The lowest BCUT2D eigenvalue weighted by Gasteiger charge is -2.08. The molecule has 0 aliphatic heterocycles. The Kier molecular flexibility index (Phi) is 5.17. The van der Waals surface area contributed by atoms with Crippen LogP contribution in [0.3, 0.4) is 0 Å². The van der Waals surface area contributed by atoms with Crippen LogP contribution in [0.15, 0.2) is 47.4 Å². The molecule has 0 aliphatic rings. The van der Waals surface area contributed by atoms with Gasteiger partial charge >= 0.3 is 0 Å². The zero-order valence-corrected chi connectivity index (χ0v) is 12.8. The van der Waals surface area contributed by atoms with Crippen LogP contribution in [-0.2, 0) is 5.75 Å². The van der Waals surface area contributed by atoms with E-state index in [1.54, 1.807) is 24.8 Å². The van der Waals surface area contributed by atoms with Crippen LogP contribution >= 0.6 is 35.0 Å². The van der Waals surface area contributed by atoms with Gasteiger partial charge in [0.25, 0.3) is 0 Å². The van der Waals surface area contributed by atoms with E-state index in [0.717, 1.165) is 21.8 Å². The predicted octanol–water partition coefficient (Wildman–Crippen LogP) is 5.34. The van der Waals surface area contributed by atoms with Crippen molar-refractivity contribution in [3.05, 3.63) is 63.6 Å². The van der Waals surface area contributed by atoms with Crippen LogP contribution in [-0.4, -0.2) is 5.11 Å². The second-order valence-corrected chi connectivity index (χ2v) is 6.08. The molecule has 0 fully saturated rings. The van der Waals surface area contributed by atoms with E-state index in [9.17, 15) is 5.11 Å². The lowest BCUT2D eigenvalue weighted by molar-refractivity contribution is 0.199. The second-order valence-electron chi connectivity index (χ2n) is 4.25. The third-order valence-corrected chi connectivity index (χ3v) is 4.67. The average molecular weight is 313 g/mol. The Balaban J connectivity index is 2.10. The van der Waals surface area contributed by atoms with Crippen molar-refractivity contribution >= 4 is 35.0 Å². The number of thioether (sulfide) groups is 1. The maximum absolute atomic E-state index is 9.57. The van der Waals surface area contributed by atoms with E-state index in [-0.39, 0.29) is 0 Å². The Morgan fingerprint density at radius 3 is 2.63 bits per heavy atom. The normalized spacial score (nSPS) is 12.4. The predicted molar refractivity (Wildman–Crippen MR) is 83.1 cm³/mol. The quantitative estimate of drug-likeness (QED) is 0.769. The topological polar surface area (TPSA) is 20.2 Å². The van der Waals surface area contributed by atoms with Crippen molar-refractivity contribution < 1.29 is 5.11 Å². The Morgan fingerprint density at radius 2 is 1.89 bits per heavy atom. The summed E-state index contributed by atoms with van der Waals surface area (Å²) in [5.41, 5.74) is 1.93. The first-order valence-electron chi connectivity index (χ1n) is 5.91. The summed E-state index contributed by atoms with van der Waals surface area (Å²) in [6.45, 7) is 1.76. The molecule has 19 heavy (non-hydrogen) atoms. The molecule has 0 amide bonds. The SMILES string of the molecule is CC(O)c1cccc(SCc2cccc(Cl)c2Cl)c1. The first kappa shape index (κ1) is 14.7. The van der Waals surface area contributed by atoms with Gasteiger partial charge in [0, 0.05) is 10.6 Å². The van der Waals surface area contributed by atoms with Gasteiger partial charge in [-0.05, 0) is 36.2 Å². The van der Waals surface area contributed by atoms with Gasteiger partial charge in [-0.1, -0.05) is 47.5 Å². The van der Waals surface area contributed by atoms with Crippen LogP contribution in [0.5, 0.6) is 0 Å². The van der Waals surface area contributed by atoms with Crippen LogP contribution in [0, 0.1) is 0 Å². The molecular weight excluding hydrogens is 299 g/mol. The molecule has 1 unspecified atom stereocenters. The summed E-state index contributed by atoms with van der Waals surface area (Å²) >= 11 is 13.8. The fourth-order valence-electron chi connectivity index (χ4n) is 1.69. The van der Waals surface area contributed by atoms with Gasteiger partial charge in [-0.3, -0.25) is 0 Å². The Morgan fingerprint density at radius 1 is 1.16 bits per heavy atom. The summed E-state index contributed by atoms with van der Waals surface area (Å²) in [6, 6.07) is 13.5. The summed E-state index contributed by atoms with van der Waals surface area (Å²) in [7, 11) is 0. The zero-order valence-electron chi connectivity index (χ0n) is 10.4. The molecule has 1 nitrogen and oxygen atoms in total. The molecule has 0 radical (unpaired) electrons. The zero-order chi connectivity index (χ0) is 13.8. The summed E-state index contributed by atoms with van der Waals surface area (Å²) in [5.74, 6) is 0.753. The van der Waals surface area contributed by atoms with Crippen molar-refractivity contribution in [3.8, 4) is 0 Å². The molecule has 0 bridgehead atoms. The highest BCUT2D eigenvalue weighted by molar-refractivity contribution is 7.98. The molecule has 0 heterocycles. The maximum atomic E-state index is 9.57. The molecule has 0 aromatic heterocycles. The fraction of sp³-hybridized carbons (Fsp3) is 0.200. The van der Waals surface area contributed by atoms with Crippen molar-refractivity contribution in [2.24, 2.45) is 0 Å². The van der Waals surface area contributed by atoms with E-state index >= 15 is 0 Å². The molecule has 2 aromatic rings. The Bertz CT molecular complexity index is 570. The van der Waals surface area contributed by atoms with E-state index < -0.39 is 6.10 Å². The molecule has 4 heteroatoms. The molecule has 0 saturated heterocycles. The summed E-state index contributed by atoms with van der Waals surface area (Å²) in [4.78, 5) is 1.11. The molecule has 2 aromatic carbocycles. The van der Waals surface area contributed by atoms with Crippen LogP contribution in [0.1, 0.15) is 24.2 Å². The molecule has 0 spiro atoms. The summed E-state index contributed by atoms with van der Waals surface area (Å²) in [5, 5.41) is 10.8. The fourth-order valence-corrected chi connectivity index (χ4v) is 3.11. The average Bonchev–Trinajstić information content (AvgIpc) is 2.41. The van der Waals surface area contributed by atoms with Gasteiger partial charge in [0.2, 0.25) is 0 Å². The Hall–Kier alpha value is -0.670. The van der Waals surface area contributed by atoms with Gasteiger partial charge in [-0.2, -0.15) is 0 Å². The summed E-state index contributed by atoms with van der Waals surface area (Å²) < 4.78 is 0. The van der Waals surface area contributed by atoms with E-state index in [4.69, 9.17) is 23.2 Å². The minimum absolute atomic E-state index is 0.449. The molecule has 0 aliphatic carbocycles. The largest absolute Gasteiger partial charge is 0.389 e. The molecule has 2 rings (SSSR count). The molecule has 1 N–H and O–H groups in total. The van der Waals surface area contributed by atoms with Gasteiger partial charge in [0.05, 0.1) is 16.1 Å². The number of benzene rings is 2. The van der Waals surface area contributed by atoms with Crippen LogP contribution in [0.2, 0.25) is 10.0 Å². The standard InChI is InChI=1S/C15H14Cl2OS/c1-10(18)11-4-2-6-13(8-11)19-9-12-5-3-7-14(16)15(12)17/h2-8,10,18H,9H2,1H3. The number of hydrogen-bond donors (Lipinski definition) is 1. The van der Waals surface area contributed by atoms with Crippen molar-refractivity contribution in [3.63, 3.8) is 0 Å². The number of hydrogen-bond acceptors (Lipinski definition) is 2. The van der Waals surface area contributed by atoms with E-state index in [1.165, 1.54) is 0 Å². The minimum atomic E-state index is -0.449. The van der Waals surface area contributed by atoms with Gasteiger partial charge < -0.3 is 5.11 Å². The van der Waals surface area contributed by atoms with Crippen LogP contribution < -0.4 is 0 Å². The molecule has 0 saturated carbocycles. The lowest BCUT2D eigenvalue weighted by atomic mass is 10.1. The Labute approximate surface area is 127 Å².